The number of amides is 3. The van der Waals surface area contributed by atoms with Crippen LogP contribution in [0.1, 0.15) is 34.3 Å². The van der Waals surface area contributed by atoms with Crippen molar-refractivity contribution in [2.24, 2.45) is 0 Å². The van der Waals surface area contributed by atoms with Crippen LogP contribution in [0.4, 0.5) is 10.5 Å². The van der Waals surface area contributed by atoms with Gasteiger partial charge in [0.1, 0.15) is 0 Å². The fourth-order valence-corrected chi connectivity index (χ4v) is 4.06. The van der Waals surface area contributed by atoms with E-state index >= 15 is 0 Å². The number of ketones is 1. The number of benzene rings is 2. The summed E-state index contributed by atoms with van der Waals surface area (Å²) in [6, 6.07) is 15.2. The van der Waals surface area contributed by atoms with Crippen molar-refractivity contribution in [3.63, 3.8) is 0 Å². The minimum atomic E-state index is -0.175. The molecule has 2 heterocycles. The molecule has 154 valence electrons. The monoisotopic (exact) mass is 403 g/mol. The summed E-state index contributed by atoms with van der Waals surface area (Å²) in [4.78, 5) is 40.9. The van der Waals surface area contributed by atoms with Gasteiger partial charge in [0.15, 0.2) is 5.78 Å². The highest BCUT2D eigenvalue weighted by molar-refractivity contribution is 6.07. The maximum Gasteiger partial charge on any atom is 0.322 e. The summed E-state index contributed by atoms with van der Waals surface area (Å²) in [6.45, 7) is 3.65. The van der Waals surface area contributed by atoms with Gasteiger partial charge in [0.05, 0.1) is 0 Å². The largest absolute Gasteiger partial charge is 0.339 e. The van der Waals surface area contributed by atoms with Crippen molar-refractivity contribution in [1.29, 1.82) is 0 Å². The molecule has 0 unspecified atom stereocenters. The molecule has 1 N–H and O–H groups in total. The van der Waals surface area contributed by atoms with Crippen molar-refractivity contribution >= 4 is 23.4 Å². The number of likely N-dealkylation sites (tertiary alicyclic amines) is 1. The van der Waals surface area contributed by atoms with Crippen LogP contribution < -0.4 is 5.32 Å². The minimum Gasteiger partial charge on any atom is -0.339 e. The van der Waals surface area contributed by atoms with Gasteiger partial charge in [-0.25, -0.2) is 4.79 Å². The predicted molar refractivity (Wildman–Crippen MR) is 115 cm³/mol. The van der Waals surface area contributed by atoms with Gasteiger partial charge < -0.3 is 15.1 Å². The Kier molecular flexibility index (Phi) is 5.65. The number of allylic oxidation sites excluding steroid dienone is 1. The van der Waals surface area contributed by atoms with Crippen molar-refractivity contribution < 1.29 is 14.4 Å². The average Bonchev–Trinajstić information content (AvgIpc) is 2.77. The van der Waals surface area contributed by atoms with E-state index in [2.05, 4.69) is 5.32 Å². The SMILES string of the molecule is Cc1cccc(C(=O)/C=C/C(=O)N2CCC(N3Cc4ccccc4NC3=O)CC2)c1. The van der Waals surface area contributed by atoms with Gasteiger partial charge in [-0.2, -0.15) is 0 Å². The normalized spacial score (nSPS) is 17.0. The fourth-order valence-electron chi connectivity index (χ4n) is 4.06. The number of nitrogens with one attached hydrogen (secondary N) is 1. The molecular weight excluding hydrogens is 378 g/mol. The molecule has 2 aromatic rings. The van der Waals surface area contributed by atoms with E-state index in [1.165, 1.54) is 12.2 Å². The molecule has 1 saturated heterocycles. The second-order valence-electron chi connectivity index (χ2n) is 7.84. The van der Waals surface area contributed by atoms with E-state index in [4.69, 9.17) is 0 Å². The Morgan fingerprint density at radius 3 is 2.57 bits per heavy atom. The number of piperidine rings is 1. The van der Waals surface area contributed by atoms with E-state index in [9.17, 15) is 14.4 Å². The Balaban J connectivity index is 1.32. The van der Waals surface area contributed by atoms with Gasteiger partial charge in [-0.05, 0) is 43.5 Å². The molecule has 3 amide bonds. The highest BCUT2D eigenvalue weighted by atomic mass is 16.2. The van der Waals surface area contributed by atoms with Crippen LogP contribution in [0.25, 0.3) is 0 Å². The molecule has 0 atom stereocenters. The Hall–Kier alpha value is -3.41. The summed E-state index contributed by atoms with van der Waals surface area (Å²) in [5, 5.41) is 2.95. The molecule has 0 spiro atoms. The van der Waals surface area contributed by atoms with Crippen LogP contribution in [0.3, 0.4) is 0 Å². The second kappa shape index (κ2) is 8.53. The lowest BCUT2D eigenvalue weighted by Crippen LogP contribution is -2.50. The van der Waals surface area contributed by atoms with Gasteiger partial charge in [0.25, 0.3) is 0 Å². The molecule has 4 rings (SSSR count). The van der Waals surface area contributed by atoms with Gasteiger partial charge in [0.2, 0.25) is 5.91 Å². The van der Waals surface area contributed by atoms with E-state index < -0.39 is 0 Å². The average molecular weight is 403 g/mol. The Bertz CT molecular complexity index is 1010. The number of hydrogen-bond donors (Lipinski definition) is 1. The molecule has 2 aromatic carbocycles. The number of carbonyl (C=O) groups excluding carboxylic acids is 3. The molecule has 6 heteroatoms. The van der Waals surface area contributed by atoms with Crippen LogP contribution in [0.2, 0.25) is 0 Å². The molecule has 2 aliphatic heterocycles. The number of para-hydroxylation sites is 1. The van der Waals surface area contributed by atoms with Gasteiger partial charge in [-0.1, -0.05) is 42.0 Å². The topological polar surface area (TPSA) is 69.7 Å². The van der Waals surface area contributed by atoms with Crippen molar-refractivity contribution in [2.45, 2.75) is 32.4 Å². The predicted octanol–water partition coefficient (Wildman–Crippen LogP) is 3.77. The van der Waals surface area contributed by atoms with Crippen LogP contribution in [0.5, 0.6) is 0 Å². The summed E-state index contributed by atoms with van der Waals surface area (Å²) >= 11 is 0. The van der Waals surface area contributed by atoms with E-state index in [0.29, 0.717) is 25.2 Å². The van der Waals surface area contributed by atoms with Crippen LogP contribution in [-0.2, 0) is 11.3 Å². The third kappa shape index (κ3) is 4.27. The highest BCUT2D eigenvalue weighted by Crippen LogP contribution is 2.27. The molecular formula is C24H25N3O3. The number of carbonyl (C=O) groups is 3. The lowest BCUT2D eigenvalue weighted by atomic mass is 10.0. The first-order valence-corrected chi connectivity index (χ1v) is 10.2. The van der Waals surface area contributed by atoms with Gasteiger partial charge >= 0.3 is 6.03 Å². The molecule has 30 heavy (non-hydrogen) atoms. The maximum absolute atomic E-state index is 12.5. The van der Waals surface area contributed by atoms with E-state index in [0.717, 1.165) is 29.7 Å². The first kappa shape index (κ1) is 19.9. The summed E-state index contributed by atoms with van der Waals surface area (Å²) in [6.07, 6.45) is 4.15. The fraction of sp³-hybridized carbons (Fsp3) is 0.292. The molecule has 0 radical (unpaired) electrons. The van der Waals surface area contributed by atoms with Crippen molar-refractivity contribution in [3.8, 4) is 0 Å². The number of rotatable bonds is 4. The Labute approximate surface area is 176 Å². The molecule has 0 aliphatic carbocycles. The third-order valence-corrected chi connectivity index (χ3v) is 5.76. The van der Waals surface area contributed by atoms with E-state index in [1.54, 1.807) is 11.0 Å². The summed E-state index contributed by atoms with van der Waals surface area (Å²) < 4.78 is 0. The zero-order chi connectivity index (χ0) is 21.1. The molecule has 2 aliphatic rings. The van der Waals surface area contributed by atoms with E-state index in [1.807, 2.05) is 54.3 Å². The minimum absolute atomic E-state index is 0.0814. The second-order valence-corrected chi connectivity index (χ2v) is 7.84. The standard InChI is InChI=1S/C24H25N3O3/c1-17-5-4-7-18(15-17)22(28)9-10-23(29)26-13-11-20(12-14-26)27-16-19-6-2-3-8-21(19)25-24(27)30/h2-10,15,20H,11-14,16H2,1H3,(H,25,30)/b10-9+. The number of fused-ring (bicyclic) bond motifs is 1. The van der Waals surface area contributed by atoms with Crippen molar-refractivity contribution in [2.75, 3.05) is 18.4 Å². The van der Waals surface area contributed by atoms with E-state index in [-0.39, 0.29) is 23.8 Å². The lowest BCUT2D eigenvalue weighted by Gasteiger charge is -2.40. The quantitative estimate of drug-likeness (QED) is 0.624. The summed E-state index contributed by atoms with van der Waals surface area (Å²) in [5.41, 5.74) is 3.56. The molecule has 1 fully saturated rings. The Morgan fingerprint density at radius 1 is 1.03 bits per heavy atom. The van der Waals surface area contributed by atoms with Crippen molar-refractivity contribution in [1.82, 2.24) is 9.80 Å². The first-order chi connectivity index (χ1) is 14.5. The zero-order valence-electron chi connectivity index (χ0n) is 17.0. The van der Waals surface area contributed by atoms with Gasteiger partial charge in [-0.15, -0.1) is 0 Å². The van der Waals surface area contributed by atoms with Crippen LogP contribution >= 0.6 is 0 Å². The maximum atomic E-state index is 12.5. The smallest absolute Gasteiger partial charge is 0.322 e. The summed E-state index contributed by atoms with van der Waals surface area (Å²) in [5.74, 6) is -0.339. The number of aryl methyl sites for hydroxylation is 1. The Morgan fingerprint density at radius 2 is 1.80 bits per heavy atom. The number of anilines is 1. The van der Waals surface area contributed by atoms with Crippen LogP contribution in [0.15, 0.2) is 60.7 Å². The molecule has 0 saturated carbocycles. The van der Waals surface area contributed by atoms with Crippen LogP contribution in [0, 0.1) is 6.92 Å². The molecule has 0 aromatic heterocycles. The number of hydrogen-bond acceptors (Lipinski definition) is 3. The highest BCUT2D eigenvalue weighted by Gasteiger charge is 2.32. The number of urea groups is 1. The summed E-state index contributed by atoms with van der Waals surface area (Å²) in [7, 11) is 0. The third-order valence-electron chi connectivity index (χ3n) is 5.76. The first-order valence-electron chi connectivity index (χ1n) is 10.2. The van der Waals surface area contributed by atoms with Gasteiger partial charge in [-0.3, -0.25) is 9.59 Å². The van der Waals surface area contributed by atoms with Crippen LogP contribution in [-0.4, -0.2) is 46.7 Å². The van der Waals surface area contributed by atoms with Gasteiger partial charge in [0, 0.05) is 43.0 Å². The zero-order valence-corrected chi connectivity index (χ0v) is 17.0. The molecule has 6 nitrogen and oxygen atoms in total. The number of nitrogens with zero attached hydrogens (tertiary/aromatic N) is 2. The molecule has 0 bridgehead atoms. The lowest BCUT2D eigenvalue weighted by molar-refractivity contribution is -0.127. The van der Waals surface area contributed by atoms with Crippen molar-refractivity contribution in [3.05, 3.63) is 77.4 Å².